The number of hydrogen-bond acceptors (Lipinski definition) is 4. The lowest BCUT2D eigenvalue weighted by Gasteiger charge is -2.31. The molecule has 0 aliphatic carbocycles. The molecule has 5 heteroatoms. The summed E-state index contributed by atoms with van der Waals surface area (Å²) >= 11 is 0. The van der Waals surface area contributed by atoms with E-state index in [0.717, 1.165) is 0 Å². The molecule has 0 aromatic carbocycles. The van der Waals surface area contributed by atoms with Crippen LogP contribution in [0.2, 0.25) is 0 Å². The Morgan fingerprint density at radius 3 is 2.64 bits per heavy atom. The first-order chi connectivity index (χ1) is 4.94. The van der Waals surface area contributed by atoms with Crippen molar-refractivity contribution in [3.05, 3.63) is 0 Å². The molecule has 1 aliphatic heterocycles. The van der Waals surface area contributed by atoms with Gasteiger partial charge in [0.2, 0.25) is 5.91 Å². The van der Waals surface area contributed by atoms with Crippen LogP contribution in [0.25, 0.3) is 0 Å². The molecule has 1 aliphatic rings. The molecule has 0 spiro atoms. The molecule has 5 nitrogen and oxygen atoms in total. The Kier molecular flexibility index (Phi) is 1.69. The highest BCUT2D eigenvalue weighted by molar-refractivity contribution is 6.02. The number of nitrogens with one attached hydrogen (secondary N) is 1. The highest BCUT2D eigenvalue weighted by Gasteiger charge is 2.44. The Bertz CT molecular complexity index is 211. The number of amides is 2. The number of piperidine rings is 1. The van der Waals surface area contributed by atoms with E-state index in [9.17, 15) is 14.7 Å². The van der Waals surface area contributed by atoms with Crippen LogP contribution in [0.1, 0.15) is 13.3 Å². The molecule has 3 N–H and O–H groups in total. The van der Waals surface area contributed by atoms with Crippen molar-refractivity contribution >= 4 is 11.8 Å². The molecule has 0 aromatic rings. The van der Waals surface area contributed by atoms with Gasteiger partial charge in [0, 0.05) is 0 Å². The van der Waals surface area contributed by atoms with Gasteiger partial charge in [-0.1, -0.05) is 0 Å². The third-order valence-corrected chi connectivity index (χ3v) is 1.74. The summed E-state index contributed by atoms with van der Waals surface area (Å²) in [6.45, 7) is 1.17. The standard InChI is InChI=1S/C6H9NO4/c1-6(11)3(8)2-4(9)7-5(6)10/h3,8,11H,2H2,1H3,(H,7,9,10). The van der Waals surface area contributed by atoms with E-state index >= 15 is 0 Å². The number of aliphatic hydroxyl groups excluding tert-OH is 1. The van der Waals surface area contributed by atoms with Crippen molar-refractivity contribution in [2.45, 2.75) is 25.0 Å². The smallest absolute Gasteiger partial charge is 0.260 e. The van der Waals surface area contributed by atoms with Crippen molar-refractivity contribution < 1.29 is 19.8 Å². The number of aliphatic hydroxyl groups is 2. The van der Waals surface area contributed by atoms with Gasteiger partial charge < -0.3 is 10.2 Å². The summed E-state index contributed by atoms with van der Waals surface area (Å²) in [5.41, 5.74) is -1.84. The molecule has 0 saturated carbocycles. The number of imide groups is 1. The second kappa shape index (κ2) is 2.28. The summed E-state index contributed by atoms with van der Waals surface area (Å²) in [5.74, 6) is -1.41. The van der Waals surface area contributed by atoms with Gasteiger partial charge in [-0.3, -0.25) is 14.9 Å². The Morgan fingerprint density at radius 1 is 1.64 bits per heavy atom. The minimum absolute atomic E-state index is 0.237. The van der Waals surface area contributed by atoms with Crippen LogP contribution in [0.4, 0.5) is 0 Å². The summed E-state index contributed by atoms with van der Waals surface area (Å²) < 4.78 is 0. The van der Waals surface area contributed by atoms with E-state index in [2.05, 4.69) is 0 Å². The normalized spacial score (nSPS) is 38.6. The van der Waals surface area contributed by atoms with Crippen LogP contribution < -0.4 is 5.32 Å². The van der Waals surface area contributed by atoms with Crippen LogP contribution in [-0.4, -0.2) is 33.7 Å². The predicted molar refractivity (Wildman–Crippen MR) is 34.4 cm³/mol. The topological polar surface area (TPSA) is 86.6 Å². The molecule has 0 aromatic heterocycles. The molecule has 1 rings (SSSR count). The van der Waals surface area contributed by atoms with Gasteiger partial charge in [0.25, 0.3) is 5.91 Å². The van der Waals surface area contributed by atoms with Crippen LogP contribution >= 0.6 is 0 Å². The second-order valence-electron chi connectivity index (χ2n) is 2.74. The quantitative estimate of drug-likeness (QED) is 0.362. The van der Waals surface area contributed by atoms with Crippen molar-refractivity contribution in [3.8, 4) is 0 Å². The van der Waals surface area contributed by atoms with Crippen LogP contribution in [0, 0.1) is 0 Å². The van der Waals surface area contributed by atoms with Crippen molar-refractivity contribution in [2.24, 2.45) is 0 Å². The lowest BCUT2D eigenvalue weighted by molar-refractivity contribution is -0.161. The average molecular weight is 159 g/mol. The maximum atomic E-state index is 10.8. The summed E-state index contributed by atoms with van der Waals surface area (Å²) in [4.78, 5) is 21.4. The van der Waals surface area contributed by atoms with E-state index in [4.69, 9.17) is 5.11 Å². The predicted octanol–water partition coefficient (Wildman–Crippen LogP) is -1.86. The zero-order valence-corrected chi connectivity index (χ0v) is 6.00. The van der Waals surface area contributed by atoms with E-state index in [1.165, 1.54) is 6.92 Å². The van der Waals surface area contributed by atoms with E-state index < -0.39 is 23.5 Å². The van der Waals surface area contributed by atoms with Crippen molar-refractivity contribution in [1.82, 2.24) is 5.32 Å². The van der Waals surface area contributed by atoms with Gasteiger partial charge in [-0.05, 0) is 6.92 Å². The van der Waals surface area contributed by atoms with Gasteiger partial charge in [0.05, 0.1) is 6.42 Å². The minimum atomic E-state index is -1.84. The summed E-state index contributed by atoms with van der Waals surface area (Å²) in [6, 6.07) is 0. The highest BCUT2D eigenvalue weighted by atomic mass is 16.4. The van der Waals surface area contributed by atoms with Crippen LogP contribution in [0.3, 0.4) is 0 Å². The van der Waals surface area contributed by atoms with E-state index in [1.54, 1.807) is 0 Å². The fraction of sp³-hybridized carbons (Fsp3) is 0.667. The Labute approximate surface area is 63.0 Å². The number of carbonyl (C=O) groups excluding carboxylic acids is 2. The minimum Gasteiger partial charge on any atom is -0.389 e. The molecule has 2 unspecified atom stereocenters. The van der Waals surface area contributed by atoms with Crippen molar-refractivity contribution in [1.29, 1.82) is 0 Å². The first-order valence-electron chi connectivity index (χ1n) is 3.19. The largest absolute Gasteiger partial charge is 0.389 e. The average Bonchev–Trinajstić information content (AvgIpc) is 1.84. The molecule has 1 heterocycles. The fourth-order valence-corrected chi connectivity index (χ4v) is 0.830. The van der Waals surface area contributed by atoms with Gasteiger partial charge in [-0.2, -0.15) is 0 Å². The van der Waals surface area contributed by atoms with Crippen molar-refractivity contribution in [3.63, 3.8) is 0 Å². The Morgan fingerprint density at radius 2 is 2.18 bits per heavy atom. The Balaban J connectivity index is 2.84. The van der Waals surface area contributed by atoms with Crippen LogP contribution in [-0.2, 0) is 9.59 Å². The molecule has 1 saturated heterocycles. The maximum absolute atomic E-state index is 10.8. The molecular weight excluding hydrogens is 150 g/mol. The molecule has 0 radical (unpaired) electrons. The van der Waals surface area contributed by atoms with Gasteiger partial charge >= 0.3 is 0 Å². The third-order valence-electron chi connectivity index (χ3n) is 1.74. The first kappa shape index (κ1) is 8.16. The second-order valence-corrected chi connectivity index (χ2v) is 2.74. The monoisotopic (exact) mass is 159 g/mol. The molecule has 1 fully saturated rings. The maximum Gasteiger partial charge on any atom is 0.260 e. The van der Waals surface area contributed by atoms with Gasteiger partial charge in [0.15, 0.2) is 5.60 Å². The molecule has 62 valence electrons. The molecule has 11 heavy (non-hydrogen) atoms. The van der Waals surface area contributed by atoms with E-state index in [0.29, 0.717) is 0 Å². The molecular formula is C6H9NO4. The molecule has 0 bridgehead atoms. The number of carbonyl (C=O) groups is 2. The van der Waals surface area contributed by atoms with E-state index in [-0.39, 0.29) is 6.42 Å². The van der Waals surface area contributed by atoms with Gasteiger partial charge in [-0.25, -0.2) is 0 Å². The SMILES string of the molecule is CC1(O)C(=O)NC(=O)CC1O. The van der Waals surface area contributed by atoms with Gasteiger partial charge in [0.1, 0.15) is 6.10 Å². The van der Waals surface area contributed by atoms with Crippen LogP contribution in [0.5, 0.6) is 0 Å². The van der Waals surface area contributed by atoms with Crippen LogP contribution in [0.15, 0.2) is 0 Å². The zero-order valence-electron chi connectivity index (χ0n) is 6.00. The lowest BCUT2D eigenvalue weighted by Crippen LogP contribution is -2.59. The molecule has 2 amide bonds. The summed E-state index contributed by atoms with van der Waals surface area (Å²) in [7, 11) is 0. The summed E-state index contributed by atoms with van der Waals surface area (Å²) in [5, 5.41) is 20.2. The zero-order chi connectivity index (χ0) is 8.65. The first-order valence-corrected chi connectivity index (χ1v) is 3.19. The molecule has 2 atom stereocenters. The summed E-state index contributed by atoms with van der Waals surface area (Å²) in [6.07, 6.45) is -1.54. The lowest BCUT2D eigenvalue weighted by atomic mass is 9.92. The Hall–Kier alpha value is -0.940. The number of rotatable bonds is 0. The third kappa shape index (κ3) is 1.24. The van der Waals surface area contributed by atoms with Crippen molar-refractivity contribution in [2.75, 3.05) is 0 Å². The number of hydrogen-bond donors (Lipinski definition) is 3. The fourth-order valence-electron chi connectivity index (χ4n) is 0.830. The van der Waals surface area contributed by atoms with Gasteiger partial charge in [-0.15, -0.1) is 0 Å². The highest BCUT2D eigenvalue weighted by Crippen LogP contribution is 2.17. The van der Waals surface area contributed by atoms with E-state index in [1.807, 2.05) is 5.32 Å².